The van der Waals surface area contributed by atoms with Crippen molar-refractivity contribution >= 4 is 5.69 Å². The molecule has 0 amide bonds. The molecule has 0 bridgehead atoms. The fraction of sp³-hybridized carbons (Fsp3) is 0.125. The normalized spacial score (nSPS) is 10.5. The molecular weight excluding hydrogens is 267 g/mol. The molecule has 0 atom stereocenters. The molecule has 0 radical (unpaired) electrons. The lowest BCUT2D eigenvalue weighted by atomic mass is 10.2. The van der Waals surface area contributed by atoms with Crippen LogP contribution in [0.3, 0.4) is 0 Å². The van der Waals surface area contributed by atoms with Crippen LogP contribution in [0.15, 0.2) is 61.2 Å². The minimum atomic E-state index is -0.214. The first-order chi connectivity index (χ1) is 10.3. The Labute approximate surface area is 122 Å². The van der Waals surface area contributed by atoms with Gasteiger partial charge in [-0.1, -0.05) is 24.3 Å². The van der Waals surface area contributed by atoms with Gasteiger partial charge in [-0.15, -0.1) is 0 Å². The fourth-order valence-corrected chi connectivity index (χ4v) is 2.13. The minimum absolute atomic E-state index is 0.214. The summed E-state index contributed by atoms with van der Waals surface area (Å²) >= 11 is 0. The third-order valence-corrected chi connectivity index (χ3v) is 3.12. The molecule has 4 nitrogen and oxygen atoms in total. The number of halogens is 1. The molecule has 1 heterocycles. The van der Waals surface area contributed by atoms with Crippen molar-refractivity contribution in [2.75, 3.05) is 5.32 Å². The van der Waals surface area contributed by atoms with E-state index in [9.17, 15) is 4.39 Å². The van der Waals surface area contributed by atoms with Gasteiger partial charge in [0.2, 0.25) is 0 Å². The van der Waals surface area contributed by atoms with Crippen LogP contribution in [0.25, 0.3) is 0 Å². The molecule has 3 rings (SSSR count). The van der Waals surface area contributed by atoms with Crippen LogP contribution in [0.2, 0.25) is 0 Å². The van der Waals surface area contributed by atoms with Crippen molar-refractivity contribution in [2.45, 2.75) is 13.1 Å². The SMILES string of the molecule is Fc1cccc(CNc2cccc(Cn3cncn3)c2)c1. The van der Waals surface area contributed by atoms with Crippen molar-refractivity contribution in [1.82, 2.24) is 14.8 Å². The molecule has 1 N–H and O–H groups in total. The summed E-state index contributed by atoms with van der Waals surface area (Å²) in [4.78, 5) is 3.93. The van der Waals surface area contributed by atoms with E-state index in [4.69, 9.17) is 0 Å². The summed E-state index contributed by atoms with van der Waals surface area (Å²) in [6.45, 7) is 1.26. The lowest BCUT2D eigenvalue weighted by Crippen LogP contribution is -2.03. The van der Waals surface area contributed by atoms with Gasteiger partial charge in [-0.2, -0.15) is 5.10 Å². The lowest BCUT2D eigenvalue weighted by Gasteiger charge is -2.09. The number of hydrogen-bond donors (Lipinski definition) is 1. The van der Waals surface area contributed by atoms with Gasteiger partial charge < -0.3 is 5.32 Å². The fourth-order valence-electron chi connectivity index (χ4n) is 2.13. The van der Waals surface area contributed by atoms with Crippen LogP contribution in [0.5, 0.6) is 0 Å². The maximum absolute atomic E-state index is 13.1. The standard InChI is InChI=1S/C16H15FN4/c17-15-5-1-3-13(7-15)9-19-16-6-2-4-14(8-16)10-21-12-18-11-20-21/h1-8,11-12,19H,9-10H2. The van der Waals surface area contributed by atoms with Gasteiger partial charge in [0, 0.05) is 12.2 Å². The average Bonchev–Trinajstić information content (AvgIpc) is 2.99. The third kappa shape index (κ3) is 3.66. The van der Waals surface area contributed by atoms with Crippen molar-refractivity contribution in [3.05, 3.63) is 78.1 Å². The predicted octanol–water partition coefficient (Wildman–Crippen LogP) is 3.08. The zero-order chi connectivity index (χ0) is 14.5. The number of aromatic nitrogens is 3. The van der Waals surface area contributed by atoms with Crippen molar-refractivity contribution in [3.63, 3.8) is 0 Å². The predicted molar refractivity (Wildman–Crippen MR) is 79.3 cm³/mol. The maximum atomic E-state index is 13.1. The number of anilines is 1. The van der Waals surface area contributed by atoms with Crippen LogP contribution >= 0.6 is 0 Å². The van der Waals surface area contributed by atoms with Crippen LogP contribution in [-0.2, 0) is 13.1 Å². The highest BCUT2D eigenvalue weighted by Gasteiger charge is 1.99. The summed E-state index contributed by atoms with van der Waals surface area (Å²) in [5.41, 5.74) is 3.04. The molecule has 106 valence electrons. The van der Waals surface area contributed by atoms with Crippen molar-refractivity contribution < 1.29 is 4.39 Å². The summed E-state index contributed by atoms with van der Waals surface area (Å²) in [7, 11) is 0. The second-order valence-corrected chi connectivity index (χ2v) is 4.78. The molecule has 0 unspecified atom stereocenters. The summed E-state index contributed by atoms with van der Waals surface area (Å²) in [5.74, 6) is -0.214. The maximum Gasteiger partial charge on any atom is 0.137 e. The molecule has 3 aromatic rings. The molecule has 0 aliphatic rings. The highest BCUT2D eigenvalue weighted by Crippen LogP contribution is 2.13. The molecule has 0 saturated heterocycles. The van der Waals surface area contributed by atoms with Gasteiger partial charge in [0.15, 0.2) is 0 Å². The first kappa shape index (κ1) is 13.3. The van der Waals surface area contributed by atoms with E-state index < -0.39 is 0 Å². The van der Waals surface area contributed by atoms with Gasteiger partial charge >= 0.3 is 0 Å². The molecule has 5 heteroatoms. The molecule has 0 saturated carbocycles. The van der Waals surface area contributed by atoms with E-state index in [1.54, 1.807) is 17.1 Å². The Kier molecular flexibility index (Phi) is 3.91. The lowest BCUT2D eigenvalue weighted by molar-refractivity contribution is 0.626. The number of nitrogens with one attached hydrogen (secondary N) is 1. The monoisotopic (exact) mass is 282 g/mol. The van der Waals surface area contributed by atoms with Gasteiger partial charge in [0.1, 0.15) is 18.5 Å². The first-order valence-corrected chi connectivity index (χ1v) is 6.69. The van der Waals surface area contributed by atoms with Gasteiger partial charge in [-0.25, -0.2) is 14.1 Å². The Balaban J connectivity index is 1.66. The summed E-state index contributed by atoms with van der Waals surface area (Å²) < 4.78 is 14.9. The van der Waals surface area contributed by atoms with Crippen LogP contribution in [0.4, 0.5) is 10.1 Å². The summed E-state index contributed by atoms with van der Waals surface area (Å²) in [5, 5.41) is 7.38. The molecule has 21 heavy (non-hydrogen) atoms. The molecule has 0 aliphatic carbocycles. The largest absolute Gasteiger partial charge is 0.381 e. The second kappa shape index (κ2) is 6.17. The van der Waals surface area contributed by atoms with Gasteiger partial charge in [0.05, 0.1) is 6.54 Å². The molecule has 0 spiro atoms. The number of rotatable bonds is 5. The van der Waals surface area contributed by atoms with E-state index in [0.29, 0.717) is 13.1 Å². The van der Waals surface area contributed by atoms with E-state index >= 15 is 0 Å². The van der Waals surface area contributed by atoms with Gasteiger partial charge in [0.25, 0.3) is 0 Å². The van der Waals surface area contributed by atoms with E-state index in [0.717, 1.165) is 16.8 Å². The molecule has 1 aromatic heterocycles. The molecule has 0 aliphatic heterocycles. The Morgan fingerprint density at radius 2 is 1.90 bits per heavy atom. The number of hydrogen-bond acceptors (Lipinski definition) is 3. The topological polar surface area (TPSA) is 42.7 Å². The number of nitrogens with zero attached hydrogens (tertiary/aromatic N) is 3. The Morgan fingerprint density at radius 1 is 1.05 bits per heavy atom. The van der Waals surface area contributed by atoms with Gasteiger partial charge in [-0.05, 0) is 35.4 Å². The summed E-state index contributed by atoms with van der Waals surface area (Å²) in [6.07, 6.45) is 3.21. The Bertz CT molecular complexity index is 710. The van der Waals surface area contributed by atoms with Crippen LogP contribution in [0.1, 0.15) is 11.1 Å². The van der Waals surface area contributed by atoms with Crippen molar-refractivity contribution in [3.8, 4) is 0 Å². The Hall–Kier alpha value is -2.69. The van der Waals surface area contributed by atoms with E-state index in [-0.39, 0.29) is 5.82 Å². The molecule has 0 fully saturated rings. The smallest absolute Gasteiger partial charge is 0.137 e. The second-order valence-electron chi connectivity index (χ2n) is 4.78. The first-order valence-electron chi connectivity index (χ1n) is 6.69. The van der Waals surface area contributed by atoms with Crippen LogP contribution in [-0.4, -0.2) is 14.8 Å². The van der Waals surface area contributed by atoms with E-state index in [1.165, 1.54) is 18.5 Å². The number of benzene rings is 2. The minimum Gasteiger partial charge on any atom is -0.381 e. The zero-order valence-electron chi connectivity index (χ0n) is 11.4. The third-order valence-electron chi connectivity index (χ3n) is 3.12. The van der Waals surface area contributed by atoms with Crippen molar-refractivity contribution in [2.24, 2.45) is 0 Å². The van der Waals surface area contributed by atoms with E-state index in [1.807, 2.05) is 24.3 Å². The molecule has 2 aromatic carbocycles. The average molecular weight is 282 g/mol. The quantitative estimate of drug-likeness (QED) is 0.782. The van der Waals surface area contributed by atoms with E-state index in [2.05, 4.69) is 21.5 Å². The van der Waals surface area contributed by atoms with Crippen LogP contribution in [0, 0.1) is 5.82 Å². The zero-order valence-corrected chi connectivity index (χ0v) is 11.4. The Morgan fingerprint density at radius 3 is 2.71 bits per heavy atom. The molecular formula is C16H15FN4. The van der Waals surface area contributed by atoms with Crippen molar-refractivity contribution in [1.29, 1.82) is 0 Å². The van der Waals surface area contributed by atoms with Crippen LogP contribution < -0.4 is 5.32 Å². The summed E-state index contributed by atoms with van der Waals surface area (Å²) in [6, 6.07) is 14.7. The highest BCUT2D eigenvalue weighted by atomic mass is 19.1. The van der Waals surface area contributed by atoms with Gasteiger partial charge in [-0.3, -0.25) is 0 Å². The highest BCUT2D eigenvalue weighted by molar-refractivity contribution is 5.46.